The van der Waals surface area contributed by atoms with Crippen LogP contribution < -0.4 is 4.31 Å². The van der Waals surface area contributed by atoms with Gasteiger partial charge >= 0.3 is 6.18 Å². The molecule has 1 aromatic rings. The van der Waals surface area contributed by atoms with Crippen molar-refractivity contribution in [1.82, 2.24) is 0 Å². The smallest absolute Gasteiger partial charge is 0.392 e. The van der Waals surface area contributed by atoms with Crippen LogP contribution in [0.4, 0.5) is 18.9 Å². The standard InChI is InChI=1S/C16H14F3N5O3S/c17-16(18,19)12-3-8(2-1-7(12)5-20)24-6-11-9-4-10(15(11)28(24,26)27)14(25)13(9)22-23-21/h1-3,9-11,13-15,25H,4,6H2/t9-,10-,11-,13+,14+,15+/m1/s1. The van der Waals surface area contributed by atoms with E-state index in [1.165, 1.54) is 12.1 Å². The molecule has 0 radical (unpaired) electrons. The maximum atomic E-state index is 13.2. The first-order chi connectivity index (χ1) is 13.1. The van der Waals surface area contributed by atoms with Gasteiger partial charge in [-0.05, 0) is 42.0 Å². The van der Waals surface area contributed by atoms with E-state index in [2.05, 4.69) is 10.0 Å². The van der Waals surface area contributed by atoms with E-state index >= 15 is 0 Å². The van der Waals surface area contributed by atoms with E-state index < -0.39 is 56.6 Å². The van der Waals surface area contributed by atoms with Gasteiger partial charge in [0.25, 0.3) is 0 Å². The van der Waals surface area contributed by atoms with Gasteiger partial charge in [0, 0.05) is 17.4 Å². The van der Waals surface area contributed by atoms with Crippen LogP contribution in [0.1, 0.15) is 17.5 Å². The fourth-order valence-corrected chi connectivity index (χ4v) is 7.55. The summed E-state index contributed by atoms with van der Waals surface area (Å²) in [6, 6.07) is 3.52. The molecule has 1 aromatic carbocycles. The van der Waals surface area contributed by atoms with Crippen LogP contribution in [0.25, 0.3) is 10.4 Å². The molecule has 12 heteroatoms. The van der Waals surface area contributed by atoms with Crippen LogP contribution in [0.2, 0.25) is 0 Å². The highest BCUT2D eigenvalue weighted by atomic mass is 32.2. The summed E-state index contributed by atoms with van der Waals surface area (Å²) in [5.41, 5.74) is 6.73. The number of aliphatic hydroxyl groups excluding tert-OH is 1. The van der Waals surface area contributed by atoms with Gasteiger partial charge in [-0.2, -0.15) is 18.4 Å². The number of fused-ring (bicyclic) bond motifs is 5. The number of benzene rings is 1. The lowest BCUT2D eigenvalue weighted by atomic mass is 9.83. The fraction of sp³-hybridized carbons (Fsp3) is 0.562. The number of rotatable bonds is 2. The first kappa shape index (κ1) is 18.9. The van der Waals surface area contributed by atoms with Gasteiger partial charge < -0.3 is 5.11 Å². The van der Waals surface area contributed by atoms with Gasteiger partial charge in [-0.25, -0.2) is 8.42 Å². The Morgan fingerprint density at radius 3 is 2.64 bits per heavy atom. The summed E-state index contributed by atoms with van der Waals surface area (Å²) >= 11 is 0. The fourth-order valence-electron chi connectivity index (χ4n) is 5.03. The van der Waals surface area contributed by atoms with Crippen LogP contribution >= 0.6 is 0 Å². The van der Waals surface area contributed by atoms with E-state index in [0.29, 0.717) is 12.5 Å². The lowest BCUT2D eigenvalue weighted by molar-refractivity contribution is -0.137. The Kier molecular flexibility index (Phi) is 4.05. The molecule has 0 amide bonds. The predicted octanol–water partition coefficient (Wildman–Crippen LogP) is 2.40. The summed E-state index contributed by atoms with van der Waals surface area (Å²) in [5, 5.41) is 21.9. The normalized spacial score (nSPS) is 35.3. The molecule has 8 nitrogen and oxygen atoms in total. The molecule has 2 aliphatic carbocycles. The minimum Gasteiger partial charge on any atom is -0.392 e. The van der Waals surface area contributed by atoms with Crippen molar-refractivity contribution in [2.45, 2.75) is 30.0 Å². The predicted molar refractivity (Wildman–Crippen MR) is 90.2 cm³/mol. The van der Waals surface area contributed by atoms with Crippen LogP contribution in [-0.4, -0.2) is 37.5 Å². The van der Waals surface area contributed by atoms with Crippen molar-refractivity contribution in [3.8, 4) is 6.07 Å². The minimum atomic E-state index is -4.80. The highest BCUT2D eigenvalue weighted by molar-refractivity contribution is 7.93. The van der Waals surface area contributed by atoms with Gasteiger partial charge in [-0.3, -0.25) is 4.31 Å². The van der Waals surface area contributed by atoms with Crippen molar-refractivity contribution in [3.63, 3.8) is 0 Å². The molecule has 2 bridgehead atoms. The van der Waals surface area contributed by atoms with Crippen molar-refractivity contribution in [1.29, 1.82) is 5.26 Å². The summed E-state index contributed by atoms with van der Waals surface area (Å²) in [6.45, 7) is -0.0540. The van der Waals surface area contributed by atoms with E-state index in [1.807, 2.05) is 0 Å². The first-order valence-electron chi connectivity index (χ1n) is 8.46. The van der Waals surface area contributed by atoms with Gasteiger partial charge in [0.05, 0.1) is 40.3 Å². The number of aliphatic hydroxyl groups is 1. The molecule has 1 N–H and O–H groups in total. The highest BCUT2D eigenvalue weighted by Crippen LogP contribution is 2.57. The molecular weight excluding hydrogens is 399 g/mol. The Morgan fingerprint density at radius 2 is 2.04 bits per heavy atom. The third kappa shape index (κ3) is 2.47. The number of sulfonamides is 1. The van der Waals surface area contributed by atoms with Crippen LogP contribution in [0.3, 0.4) is 0 Å². The largest absolute Gasteiger partial charge is 0.417 e. The molecule has 0 unspecified atom stereocenters. The third-order valence-electron chi connectivity index (χ3n) is 6.10. The number of alkyl halides is 3. The molecule has 1 heterocycles. The molecule has 2 saturated carbocycles. The number of azide groups is 1. The van der Waals surface area contributed by atoms with Gasteiger partial charge in [0.15, 0.2) is 0 Å². The molecular formula is C16H14F3N5O3S. The van der Waals surface area contributed by atoms with E-state index in [-0.39, 0.29) is 18.2 Å². The lowest BCUT2D eigenvalue weighted by Crippen LogP contribution is -2.44. The summed E-state index contributed by atoms with van der Waals surface area (Å²) < 4.78 is 66.8. The maximum absolute atomic E-state index is 13.2. The second-order valence-corrected chi connectivity index (χ2v) is 9.31. The van der Waals surface area contributed by atoms with Gasteiger partial charge in [0.2, 0.25) is 10.0 Å². The Labute approximate surface area is 157 Å². The number of halogens is 3. The minimum absolute atomic E-state index is 0.0540. The average Bonchev–Trinajstić information content (AvgIpc) is 3.23. The summed E-state index contributed by atoms with van der Waals surface area (Å²) in [4.78, 5) is 2.72. The molecule has 3 fully saturated rings. The van der Waals surface area contributed by atoms with Crippen LogP contribution in [0.15, 0.2) is 23.3 Å². The zero-order valence-corrected chi connectivity index (χ0v) is 15.0. The molecule has 0 spiro atoms. The number of nitriles is 1. The van der Waals surface area contributed by atoms with E-state index in [4.69, 9.17) is 10.8 Å². The molecule has 3 aliphatic rings. The van der Waals surface area contributed by atoms with Crippen molar-refractivity contribution in [2.24, 2.45) is 22.9 Å². The summed E-state index contributed by atoms with van der Waals surface area (Å²) in [6.07, 6.45) is -5.50. The summed E-state index contributed by atoms with van der Waals surface area (Å²) in [7, 11) is -4.01. The molecule has 148 valence electrons. The third-order valence-corrected chi connectivity index (χ3v) is 8.46. The van der Waals surface area contributed by atoms with Crippen molar-refractivity contribution in [2.75, 3.05) is 10.8 Å². The Morgan fingerprint density at radius 1 is 1.32 bits per heavy atom. The Bertz CT molecular complexity index is 1030. The summed E-state index contributed by atoms with van der Waals surface area (Å²) in [5.74, 6) is -1.42. The van der Waals surface area contributed by atoms with E-state index in [0.717, 1.165) is 10.4 Å². The monoisotopic (exact) mass is 413 g/mol. The number of anilines is 1. The van der Waals surface area contributed by atoms with E-state index in [9.17, 15) is 26.7 Å². The van der Waals surface area contributed by atoms with Crippen molar-refractivity contribution in [3.05, 3.63) is 39.8 Å². The topological polar surface area (TPSA) is 130 Å². The zero-order valence-electron chi connectivity index (χ0n) is 14.2. The molecule has 1 saturated heterocycles. The van der Waals surface area contributed by atoms with Gasteiger partial charge in [-0.15, -0.1) is 0 Å². The Hall–Kier alpha value is -2.48. The Balaban J connectivity index is 1.75. The second-order valence-electron chi connectivity index (χ2n) is 7.29. The SMILES string of the molecule is N#Cc1ccc(N2C[C@@H]3[C@H]4C[C@H]([C@H](O)[C@H]4N=[N+]=[N-])[C@@H]3S2(=O)=O)cc1C(F)(F)F. The number of hydrogen-bond donors (Lipinski definition) is 1. The van der Waals surface area contributed by atoms with Crippen molar-refractivity contribution < 1.29 is 26.7 Å². The molecule has 0 aromatic heterocycles. The molecule has 4 rings (SSSR count). The van der Waals surface area contributed by atoms with Gasteiger partial charge in [-0.1, -0.05) is 5.11 Å². The van der Waals surface area contributed by atoms with Crippen molar-refractivity contribution >= 4 is 15.7 Å². The highest BCUT2D eigenvalue weighted by Gasteiger charge is 2.66. The first-order valence-corrected chi connectivity index (χ1v) is 9.96. The van der Waals surface area contributed by atoms with Crippen LogP contribution in [0, 0.1) is 29.1 Å². The molecule has 6 atom stereocenters. The van der Waals surface area contributed by atoms with Crippen LogP contribution in [-0.2, 0) is 16.2 Å². The quantitative estimate of drug-likeness (QED) is 0.453. The number of nitrogens with zero attached hydrogens (tertiary/aromatic N) is 5. The van der Waals surface area contributed by atoms with Gasteiger partial charge in [0.1, 0.15) is 0 Å². The average molecular weight is 413 g/mol. The zero-order chi connectivity index (χ0) is 20.4. The number of hydrogen-bond acceptors (Lipinski definition) is 5. The molecule has 1 aliphatic heterocycles. The van der Waals surface area contributed by atoms with Crippen LogP contribution in [0.5, 0.6) is 0 Å². The molecule has 28 heavy (non-hydrogen) atoms. The van der Waals surface area contributed by atoms with E-state index in [1.54, 1.807) is 0 Å². The maximum Gasteiger partial charge on any atom is 0.417 e. The second kappa shape index (κ2) is 6.01. The lowest BCUT2D eigenvalue weighted by Gasteiger charge is -2.30.